The number of benzene rings is 2. The lowest BCUT2D eigenvalue weighted by Gasteiger charge is -2.15. The van der Waals surface area contributed by atoms with Gasteiger partial charge in [0.2, 0.25) is 5.91 Å². The summed E-state index contributed by atoms with van der Waals surface area (Å²) < 4.78 is 5.25. The lowest BCUT2D eigenvalue weighted by atomic mass is 10.1. The van der Waals surface area contributed by atoms with Crippen LogP contribution in [0.3, 0.4) is 0 Å². The fourth-order valence-corrected chi connectivity index (χ4v) is 3.21. The average molecular weight is 350 g/mol. The first-order chi connectivity index (χ1) is 11.0. The molecule has 2 aromatic carbocycles. The first-order valence-corrected chi connectivity index (χ1v) is 8.74. The van der Waals surface area contributed by atoms with Crippen LogP contribution in [0.1, 0.15) is 18.1 Å². The van der Waals surface area contributed by atoms with Gasteiger partial charge in [0.25, 0.3) is 0 Å². The van der Waals surface area contributed by atoms with Crippen LogP contribution in [0.25, 0.3) is 0 Å². The van der Waals surface area contributed by atoms with E-state index >= 15 is 0 Å². The monoisotopic (exact) mass is 349 g/mol. The fourth-order valence-electron chi connectivity index (χ4n) is 2.07. The molecule has 0 unspecified atom stereocenters. The summed E-state index contributed by atoms with van der Waals surface area (Å²) in [5.74, 6) is 1.33. The summed E-state index contributed by atoms with van der Waals surface area (Å²) in [6, 6.07) is 13.4. The van der Waals surface area contributed by atoms with E-state index in [1.165, 1.54) is 11.1 Å². The number of rotatable bonds is 6. The van der Waals surface area contributed by atoms with Gasteiger partial charge in [0.05, 0.1) is 18.0 Å². The molecule has 1 atom stereocenters. The van der Waals surface area contributed by atoms with E-state index in [2.05, 4.69) is 24.4 Å². The number of amides is 1. The second-order valence-corrected chi connectivity index (χ2v) is 6.98. The van der Waals surface area contributed by atoms with Gasteiger partial charge < -0.3 is 10.1 Å². The molecule has 5 heteroatoms. The predicted octanol–water partition coefficient (Wildman–Crippen LogP) is 4.92. The van der Waals surface area contributed by atoms with Crippen molar-refractivity contribution < 1.29 is 9.53 Å². The maximum absolute atomic E-state index is 12.4. The van der Waals surface area contributed by atoms with E-state index < -0.39 is 0 Å². The van der Waals surface area contributed by atoms with Crippen LogP contribution in [-0.4, -0.2) is 18.3 Å². The number of carbonyl (C=O) groups excluding carboxylic acids is 1. The van der Waals surface area contributed by atoms with Gasteiger partial charge >= 0.3 is 0 Å². The van der Waals surface area contributed by atoms with Gasteiger partial charge in [-0.05, 0) is 43.2 Å². The molecule has 0 bridgehead atoms. The van der Waals surface area contributed by atoms with Crippen LogP contribution in [-0.2, 0) is 10.5 Å². The lowest BCUT2D eigenvalue weighted by Crippen LogP contribution is -2.23. The molecule has 122 valence electrons. The summed E-state index contributed by atoms with van der Waals surface area (Å²) in [4.78, 5) is 12.4. The molecule has 3 nitrogen and oxygen atoms in total. The summed E-state index contributed by atoms with van der Waals surface area (Å²) in [7, 11) is 1.56. The molecule has 0 radical (unpaired) electrons. The molecule has 0 heterocycles. The number of ether oxygens (including phenoxy) is 1. The van der Waals surface area contributed by atoms with E-state index in [1.807, 2.05) is 19.1 Å². The molecular weight excluding hydrogens is 330 g/mol. The van der Waals surface area contributed by atoms with Crippen molar-refractivity contribution >= 4 is 35.0 Å². The third-order valence-electron chi connectivity index (χ3n) is 3.54. The molecule has 2 aromatic rings. The molecule has 0 aliphatic carbocycles. The number of thioether (sulfide) groups is 1. The average Bonchev–Trinajstić information content (AvgIpc) is 2.54. The van der Waals surface area contributed by atoms with Crippen LogP contribution >= 0.6 is 23.4 Å². The molecule has 23 heavy (non-hydrogen) atoms. The Morgan fingerprint density at radius 2 is 2.04 bits per heavy atom. The molecule has 1 N–H and O–H groups in total. The molecular formula is C18H20ClNO2S. The molecule has 0 fully saturated rings. The zero-order chi connectivity index (χ0) is 16.8. The smallest absolute Gasteiger partial charge is 0.237 e. The van der Waals surface area contributed by atoms with Crippen LogP contribution in [0.4, 0.5) is 5.69 Å². The highest BCUT2D eigenvalue weighted by Crippen LogP contribution is 2.29. The standard InChI is InChI=1S/C18H20ClNO2S/c1-12-6-4-5-7-14(12)11-23-13(2)18(21)20-16-10-15(19)8-9-17(16)22-3/h4-10,13H,11H2,1-3H3,(H,20,21)/t13-/m0/s1. The van der Waals surface area contributed by atoms with Crippen molar-refractivity contribution in [1.29, 1.82) is 0 Å². The maximum atomic E-state index is 12.4. The second-order valence-electron chi connectivity index (χ2n) is 5.21. The third-order valence-corrected chi connectivity index (χ3v) is 4.97. The van der Waals surface area contributed by atoms with Crippen molar-refractivity contribution in [2.75, 3.05) is 12.4 Å². The van der Waals surface area contributed by atoms with Crippen molar-refractivity contribution in [3.63, 3.8) is 0 Å². The SMILES string of the molecule is COc1ccc(Cl)cc1NC(=O)[C@H](C)SCc1ccccc1C. The van der Waals surface area contributed by atoms with E-state index in [0.717, 1.165) is 5.75 Å². The summed E-state index contributed by atoms with van der Waals surface area (Å²) >= 11 is 7.59. The maximum Gasteiger partial charge on any atom is 0.237 e. The summed E-state index contributed by atoms with van der Waals surface area (Å²) in [5, 5.41) is 3.26. The van der Waals surface area contributed by atoms with Crippen LogP contribution < -0.4 is 10.1 Å². The zero-order valence-electron chi connectivity index (χ0n) is 13.4. The Bertz CT molecular complexity index is 690. The Morgan fingerprint density at radius 1 is 1.30 bits per heavy atom. The van der Waals surface area contributed by atoms with Crippen LogP contribution in [0, 0.1) is 6.92 Å². The Balaban J connectivity index is 1.98. The molecule has 1 amide bonds. The fraction of sp³-hybridized carbons (Fsp3) is 0.278. The minimum atomic E-state index is -0.182. The third kappa shape index (κ3) is 4.91. The predicted molar refractivity (Wildman–Crippen MR) is 98.6 cm³/mol. The number of hydrogen-bond donors (Lipinski definition) is 1. The van der Waals surface area contributed by atoms with Crippen molar-refractivity contribution in [2.24, 2.45) is 0 Å². The van der Waals surface area contributed by atoms with E-state index in [-0.39, 0.29) is 11.2 Å². The largest absolute Gasteiger partial charge is 0.495 e. The van der Waals surface area contributed by atoms with E-state index in [0.29, 0.717) is 16.5 Å². The van der Waals surface area contributed by atoms with Crippen LogP contribution in [0.5, 0.6) is 5.75 Å². The van der Waals surface area contributed by atoms with Gasteiger partial charge in [-0.1, -0.05) is 35.9 Å². The summed E-state index contributed by atoms with van der Waals surface area (Å²) in [6.45, 7) is 3.98. The second kappa shape index (κ2) is 8.27. The number of halogens is 1. The van der Waals surface area contributed by atoms with Gasteiger partial charge in [0, 0.05) is 10.8 Å². The normalized spacial score (nSPS) is 11.8. The van der Waals surface area contributed by atoms with Crippen molar-refractivity contribution in [1.82, 2.24) is 0 Å². The van der Waals surface area contributed by atoms with Gasteiger partial charge in [-0.25, -0.2) is 0 Å². The van der Waals surface area contributed by atoms with Gasteiger partial charge in [-0.15, -0.1) is 11.8 Å². The molecule has 0 aliphatic rings. The van der Waals surface area contributed by atoms with E-state index in [9.17, 15) is 4.79 Å². The number of hydrogen-bond acceptors (Lipinski definition) is 3. The zero-order valence-corrected chi connectivity index (χ0v) is 15.0. The summed E-state index contributed by atoms with van der Waals surface area (Å²) in [6.07, 6.45) is 0. The highest BCUT2D eigenvalue weighted by molar-refractivity contribution is 7.99. The number of methoxy groups -OCH3 is 1. The number of anilines is 1. The Hall–Kier alpha value is -1.65. The Labute approximate surface area is 146 Å². The lowest BCUT2D eigenvalue weighted by molar-refractivity contribution is -0.115. The Kier molecular flexibility index (Phi) is 6.37. The highest BCUT2D eigenvalue weighted by atomic mass is 35.5. The topological polar surface area (TPSA) is 38.3 Å². The first-order valence-electron chi connectivity index (χ1n) is 7.31. The van der Waals surface area contributed by atoms with Crippen molar-refractivity contribution in [3.05, 3.63) is 58.6 Å². The minimum Gasteiger partial charge on any atom is -0.495 e. The van der Waals surface area contributed by atoms with Crippen LogP contribution in [0.15, 0.2) is 42.5 Å². The molecule has 0 saturated heterocycles. The molecule has 0 aromatic heterocycles. The molecule has 0 spiro atoms. The Morgan fingerprint density at radius 3 is 2.74 bits per heavy atom. The van der Waals surface area contributed by atoms with E-state index in [1.54, 1.807) is 37.1 Å². The van der Waals surface area contributed by atoms with Crippen LogP contribution in [0.2, 0.25) is 5.02 Å². The van der Waals surface area contributed by atoms with Crippen molar-refractivity contribution in [2.45, 2.75) is 24.9 Å². The van der Waals surface area contributed by atoms with E-state index in [4.69, 9.17) is 16.3 Å². The first kappa shape index (κ1) is 17.7. The number of carbonyl (C=O) groups is 1. The van der Waals surface area contributed by atoms with Gasteiger partial charge in [0.15, 0.2) is 0 Å². The van der Waals surface area contributed by atoms with Crippen molar-refractivity contribution in [3.8, 4) is 5.75 Å². The minimum absolute atomic E-state index is 0.0656. The van der Waals surface area contributed by atoms with Gasteiger partial charge in [-0.3, -0.25) is 4.79 Å². The quantitative estimate of drug-likeness (QED) is 0.804. The van der Waals surface area contributed by atoms with Gasteiger partial charge in [0.1, 0.15) is 5.75 Å². The molecule has 0 saturated carbocycles. The highest BCUT2D eigenvalue weighted by Gasteiger charge is 2.16. The van der Waals surface area contributed by atoms with Gasteiger partial charge in [-0.2, -0.15) is 0 Å². The molecule has 0 aliphatic heterocycles. The molecule has 2 rings (SSSR count). The number of aryl methyl sites for hydroxylation is 1. The summed E-state index contributed by atoms with van der Waals surface area (Å²) in [5.41, 5.74) is 3.08. The number of nitrogens with one attached hydrogen (secondary N) is 1.